The number of rotatable bonds is 10. The van der Waals surface area contributed by atoms with E-state index in [2.05, 4.69) is 0 Å². The fraction of sp³-hybridized carbons (Fsp3) is 0.538. The number of benzene rings is 1. The van der Waals surface area contributed by atoms with E-state index in [9.17, 15) is 0 Å². The van der Waals surface area contributed by atoms with Crippen molar-refractivity contribution >= 4 is 0 Å². The fourth-order valence-electron chi connectivity index (χ4n) is 1.24. The zero-order valence-electron chi connectivity index (χ0n) is 10.1. The van der Waals surface area contributed by atoms with Crippen LogP contribution in [0, 0.1) is 0 Å². The first-order chi connectivity index (χ1) is 8.43. The van der Waals surface area contributed by atoms with Crippen LogP contribution in [-0.2, 0) is 9.47 Å². The molecule has 0 fully saturated rings. The van der Waals surface area contributed by atoms with E-state index in [1.807, 2.05) is 30.3 Å². The highest BCUT2D eigenvalue weighted by Gasteiger charge is 1.92. The van der Waals surface area contributed by atoms with Crippen molar-refractivity contribution in [2.24, 2.45) is 5.73 Å². The van der Waals surface area contributed by atoms with E-state index in [1.165, 1.54) is 0 Å². The van der Waals surface area contributed by atoms with Crippen LogP contribution >= 0.6 is 0 Å². The van der Waals surface area contributed by atoms with E-state index < -0.39 is 0 Å². The highest BCUT2D eigenvalue weighted by Crippen LogP contribution is 2.07. The Morgan fingerprint density at radius 1 is 0.824 bits per heavy atom. The highest BCUT2D eigenvalue weighted by molar-refractivity contribution is 5.20. The standard InChI is InChI=1S/C13H21NO3/c14-7-4-8-15-9-10-16-11-12-17-13-5-2-1-3-6-13/h1-3,5-6H,4,7-12,14H2. The first-order valence-corrected chi connectivity index (χ1v) is 5.97. The molecular formula is C13H21NO3. The fourth-order valence-corrected chi connectivity index (χ4v) is 1.24. The second-order valence-electron chi connectivity index (χ2n) is 3.53. The van der Waals surface area contributed by atoms with E-state index in [0.29, 0.717) is 39.6 Å². The zero-order valence-corrected chi connectivity index (χ0v) is 10.1. The van der Waals surface area contributed by atoms with Crippen molar-refractivity contribution in [1.82, 2.24) is 0 Å². The Morgan fingerprint density at radius 2 is 1.47 bits per heavy atom. The molecular weight excluding hydrogens is 218 g/mol. The third-order valence-corrected chi connectivity index (χ3v) is 2.10. The monoisotopic (exact) mass is 239 g/mol. The summed E-state index contributed by atoms with van der Waals surface area (Å²) in [6, 6.07) is 9.71. The Balaban J connectivity index is 1.85. The van der Waals surface area contributed by atoms with Gasteiger partial charge in [0, 0.05) is 6.61 Å². The predicted molar refractivity (Wildman–Crippen MR) is 67.2 cm³/mol. The number of hydrogen-bond donors (Lipinski definition) is 1. The van der Waals surface area contributed by atoms with Crippen LogP contribution in [0.5, 0.6) is 5.75 Å². The van der Waals surface area contributed by atoms with Gasteiger partial charge < -0.3 is 19.9 Å². The minimum absolute atomic E-state index is 0.562. The lowest BCUT2D eigenvalue weighted by Gasteiger charge is -2.07. The molecule has 0 aliphatic rings. The van der Waals surface area contributed by atoms with Gasteiger partial charge in [0.2, 0.25) is 0 Å². The quantitative estimate of drug-likeness (QED) is 0.628. The van der Waals surface area contributed by atoms with Gasteiger partial charge >= 0.3 is 0 Å². The number of hydrogen-bond acceptors (Lipinski definition) is 4. The molecule has 4 heteroatoms. The second-order valence-corrected chi connectivity index (χ2v) is 3.53. The summed E-state index contributed by atoms with van der Waals surface area (Å²) in [7, 11) is 0. The van der Waals surface area contributed by atoms with E-state index in [-0.39, 0.29) is 0 Å². The average Bonchev–Trinajstić information content (AvgIpc) is 2.38. The van der Waals surface area contributed by atoms with Gasteiger partial charge in [0.15, 0.2) is 0 Å². The first-order valence-electron chi connectivity index (χ1n) is 5.97. The van der Waals surface area contributed by atoms with E-state index >= 15 is 0 Å². The third kappa shape index (κ3) is 7.74. The van der Waals surface area contributed by atoms with Crippen LogP contribution in [-0.4, -0.2) is 39.6 Å². The van der Waals surface area contributed by atoms with Crippen molar-refractivity contribution in [3.05, 3.63) is 30.3 Å². The minimum Gasteiger partial charge on any atom is -0.491 e. The van der Waals surface area contributed by atoms with E-state index in [1.54, 1.807) is 0 Å². The molecule has 1 rings (SSSR count). The molecule has 0 aromatic heterocycles. The molecule has 0 unspecified atom stereocenters. The van der Waals surface area contributed by atoms with Gasteiger partial charge in [0.25, 0.3) is 0 Å². The minimum atomic E-state index is 0.562. The van der Waals surface area contributed by atoms with Crippen LogP contribution in [0.15, 0.2) is 30.3 Å². The Morgan fingerprint density at radius 3 is 2.18 bits per heavy atom. The van der Waals surface area contributed by atoms with Crippen molar-refractivity contribution in [2.75, 3.05) is 39.6 Å². The summed E-state index contributed by atoms with van der Waals surface area (Å²) in [5.41, 5.74) is 5.34. The van der Waals surface area contributed by atoms with Crippen LogP contribution < -0.4 is 10.5 Å². The van der Waals surface area contributed by atoms with E-state index in [0.717, 1.165) is 12.2 Å². The summed E-state index contributed by atoms with van der Waals surface area (Å²) < 4.78 is 16.1. The highest BCUT2D eigenvalue weighted by atomic mass is 16.5. The topological polar surface area (TPSA) is 53.7 Å². The molecule has 2 N–H and O–H groups in total. The molecule has 0 radical (unpaired) electrons. The molecule has 0 heterocycles. The van der Waals surface area contributed by atoms with Crippen LogP contribution in [0.4, 0.5) is 0 Å². The summed E-state index contributed by atoms with van der Waals surface area (Å²) in [4.78, 5) is 0. The second kappa shape index (κ2) is 10.1. The molecule has 0 spiro atoms. The third-order valence-electron chi connectivity index (χ3n) is 2.10. The number of para-hydroxylation sites is 1. The maximum absolute atomic E-state index is 5.47. The van der Waals surface area contributed by atoms with Crippen molar-refractivity contribution in [2.45, 2.75) is 6.42 Å². The van der Waals surface area contributed by atoms with Crippen LogP contribution in [0.25, 0.3) is 0 Å². The Hall–Kier alpha value is -1.10. The van der Waals surface area contributed by atoms with Crippen molar-refractivity contribution < 1.29 is 14.2 Å². The summed E-state index contributed by atoms with van der Waals surface area (Å²) in [6.07, 6.45) is 0.900. The van der Waals surface area contributed by atoms with E-state index in [4.69, 9.17) is 19.9 Å². The molecule has 0 atom stereocenters. The van der Waals surface area contributed by atoms with Gasteiger partial charge in [-0.2, -0.15) is 0 Å². The van der Waals surface area contributed by atoms with Gasteiger partial charge in [-0.25, -0.2) is 0 Å². The summed E-state index contributed by atoms with van der Waals surface area (Å²) >= 11 is 0. The molecule has 0 aliphatic carbocycles. The lowest BCUT2D eigenvalue weighted by atomic mass is 10.3. The molecule has 0 saturated carbocycles. The number of ether oxygens (including phenoxy) is 3. The van der Waals surface area contributed by atoms with Gasteiger partial charge in [-0.3, -0.25) is 0 Å². The summed E-state index contributed by atoms with van der Waals surface area (Å²) in [6.45, 7) is 3.74. The number of nitrogens with two attached hydrogens (primary N) is 1. The predicted octanol–water partition coefficient (Wildman–Crippen LogP) is 1.45. The Labute approximate surface area is 103 Å². The largest absolute Gasteiger partial charge is 0.491 e. The van der Waals surface area contributed by atoms with Gasteiger partial charge in [-0.1, -0.05) is 18.2 Å². The van der Waals surface area contributed by atoms with Crippen molar-refractivity contribution in [3.8, 4) is 5.75 Å². The normalized spacial score (nSPS) is 10.4. The average molecular weight is 239 g/mol. The molecule has 96 valence electrons. The van der Waals surface area contributed by atoms with Gasteiger partial charge in [-0.15, -0.1) is 0 Å². The van der Waals surface area contributed by atoms with Crippen LogP contribution in [0.1, 0.15) is 6.42 Å². The van der Waals surface area contributed by atoms with Crippen molar-refractivity contribution in [1.29, 1.82) is 0 Å². The van der Waals surface area contributed by atoms with Gasteiger partial charge in [0.1, 0.15) is 12.4 Å². The summed E-state index contributed by atoms with van der Waals surface area (Å²) in [5.74, 6) is 0.871. The van der Waals surface area contributed by atoms with Crippen molar-refractivity contribution in [3.63, 3.8) is 0 Å². The molecule has 4 nitrogen and oxygen atoms in total. The molecule has 1 aromatic rings. The maximum atomic E-state index is 5.47. The molecule has 17 heavy (non-hydrogen) atoms. The molecule has 1 aromatic carbocycles. The maximum Gasteiger partial charge on any atom is 0.119 e. The molecule has 0 bridgehead atoms. The lowest BCUT2D eigenvalue weighted by molar-refractivity contribution is 0.0361. The molecule has 0 aliphatic heterocycles. The van der Waals surface area contributed by atoms with Gasteiger partial charge in [-0.05, 0) is 25.1 Å². The Kier molecular flexibility index (Phi) is 8.28. The molecule has 0 amide bonds. The first kappa shape index (κ1) is 14.0. The Bertz CT molecular complexity index is 267. The zero-order chi connectivity index (χ0) is 12.2. The van der Waals surface area contributed by atoms with Gasteiger partial charge in [0.05, 0.1) is 19.8 Å². The van der Waals surface area contributed by atoms with Crippen LogP contribution in [0.3, 0.4) is 0 Å². The van der Waals surface area contributed by atoms with Crippen LogP contribution in [0.2, 0.25) is 0 Å². The lowest BCUT2D eigenvalue weighted by Crippen LogP contribution is -2.12. The smallest absolute Gasteiger partial charge is 0.119 e. The SMILES string of the molecule is NCCCOCCOCCOc1ccccc1. The molecule has 0 saturated heterocycles. The summed E-state index contributed by atoms with van der Waals surface area (Å²) in [5, 5.41) is 0.